The van der Waals surface area contributed by atoms with Crippen LogP contribution in [0.3, 0.4) is 0 Å². The van der Waals surface area contributed by atoms with Crippen molar-refractivity contribution in [3.05, 3.63) is 24.0 Å². The number of nitrogens with zero attached hydrogens (tertiary/aromatic N) is 2. The number of alkyl halides is 3. The molecule has 0 spiro atoms. The van der Waals surface area contributed by atoms with Crippen LogP contribution in [0.15, 0.2) is 18.2 Å². The van der Waals surface area contributed by atoms with E-state index in [-0.39, 0.29) is 17.2 Å². The van der Waals surface area contributed by atoms with E-state index < -0.39 is 12.0 Å². The first-order chi connectivity index (χ1) is 7.98. The monoisotopic (exact) mass is 241 g/mol. The fourth-order valence-corrected chi connectivity index (χ4v) is 2.04. The highest BCUT2D eigenvalue weighted by atomic mass is 19.4. The van der Waals surface area contributed by atoms with E-state index in [2.05, 4.69) is 4.98 Å². The third-order valence-electron chi connectivity index (χ3n) is 2.92. The largest absolute Gasteiger partial charge is 0.449 e. The Balaban J connectivity index is 2.34. The van der Waals surface area contributed by atoms with Gasteiger partial charge in [-0.1, -0.05) is 6.07 Å². The highest BCUT2D eigenvalue weighted by Gasteiger charge is 2.41. The maximum atomic E-state index is 12.9. The van der Waals surface area contributed by atoms with E-state index in [1.165, 1.54) is 4.57 Å². The first kappa shape index (κ1) is 10.4. The Morgan fingerprint density at radius 1 is 1.29 bits per heavy atom. The molecule has 2 aromatic rings. The van der Waals surface area contributed by atoms with Gasteiger partial charge in [-0.15, -0.1) is 0 Å². The number of hydrogen-bond donors (Lipinski definition) is 1. The van der Waals surface area contributed by atoms with E-state index in [9.17, 15) is 13.2 Å². The molecule has 1 fully saturated rings. The molecule has 1 aromatic heterocycles. The minimum Gasteiger partial charge on any atom is -0.397 e. The summed E-state index contributed by atoms with van der Waals surface area (Å²) >= 11 is 0. The summed E-state index contributed by atoms with van der Waals surface area (Å²) in [6.07, 6.45) is -2.90. The average molecular weight is 241 g/mol. The van der Waals surface area contributed by atoms with Crippen LogP contribution in [0.4, 0.5) is 18.9 Å². The van der Waals surface area contributed by atoms with Gasteiger partial charge in [-0.25, -0.2) is 4.98 Å². The second-order valence-corrected chi connectivity index (χ2v) is 4.25. The molecule has 0 radical (unpaired) electrons. The van der Waals surface area contributed by atoms with Crippen molar-refractivity contribution in [3.8, 4) is 0 Å². The molecule has 1 aliphatic rings. The van der Waals surface area contributed by atoms with E-state index in [1.807, 2.05) is 0 Å². The number of hydrogen-bond acceptors (Lipinski definition) is 2. The van der Waals surface area contributed by atoms with Gasteiger partial charge < -0.3 is 10.3 Å². The number of nitrogen functional groups attached to an aromatic ring is 1. The van der Waals surface area contributed by atoms with Gasteiger partial charge in [0, 0.05) is 6.04 Å². The van der Waals surface area contributed by atoms with Crippen molar-refractivity contribution >= 4 is 16.7 Å². The lowest BCUT2D eigenvalue weighted by molar-refractivity contribution is -0.147. The van der Waals surface area contributed by atoms with Crippen molar-refractivity contribution in [2.75, 3.05) is 5.73 Å². The Hall–Kier alpha value is -1.72. The van der Waals surface area contributed by atoms with Gasteiger partial charge in [-0.05, 0) is 25.0 Å². The van der Waals surface area contributed by atoms with Crippen molar-refractivity contribution < 1.29 is 13.2 Å². The third-order valence-corrected chi connectivity index (χ3v) is 2.92. The van der Waals surface area contributed by atoms with Crippen molar-refractivity contribution in [1.82, 2.24) is 9.55 Å². The Morgan fingerprint density at radius 2 is 2.00 bits per heavy atom. The normalized spacial score (nSPS) is 16.6. The number of aromatic nitrogens is 2. The Bertz CT molecular complexity index is 581. The summed E-state index contributed by atoms with van der Waals surface area (Å²) in [4.78, 5) is 3.66. The van der Waals surface area contributed by atoms with Crippen LogP contribution in [0.1, 0.15) is 24.7 Å². The zero-order chi connectivity index (χ0) is 12.2. The van der Waals surface area contributed by atoms with E-state index >= 15 is 0 Å². The van der Waals surface area contributed by atoms with E-state index in [4.69, 9.17) is 5.73 Å². The Labute approximate surface area is 95.0 Å². The molecule has 0 saturated heterocycles. The molecule has 2 N–H and O–H groups in total. The molecule has 3 nitrogen and oxygen atoms in total. The van der Waals surface area contributed by atoms with E-state index in [0.717, 1.165) is 12.8 Å². The van der Waals surface area contributed by atoms with Gasteiger partial charge in [0.25, 0.3) is 0 Å². The topological polar surface area (TPSA) is 43.8 Å². The Morgan fingerprint density at radius 3 is 2.59 bits per heavy atom. The second-order valence-electron chi connectivity index (χ2n) is 4.25. The van der Waals surface area contributed by atoms with Crippen LogP contribution in [0.5, 0.6) is 0 Å². The van der Waals surface area contributed by atoms with E-state index in [0.29, 0.717) is 5.52 Å². The summed E-state index contributed by atoms with van der Waals surface area (Å²) in [7, 11) is 0. The fourth-order valence-electron chi connectivity index (χ4n) is 2.04. The SMILES string of the molecule is Nc1cccc2c1nc(C(F)(F)F)n2C1CC1. The van der Waals surface area contributed by atoms with Gasteiger partial charge in [-0.2, -0.15) is 13.2 Å². The molecule has 3 rings (SSSR count). The molecule has 0 atom stereocenters. The predicted molar refractivity (Wildman–Crippen MR) is 57.4 cm³/mol. The van der Waals surface area contributed by atoms with Gasteiger partial charge in [0.05, 0.1) is 11.2 Å². The highest BCUT2D eigenvalue weighted by Crippen LogP contribution is 2.43. The molecule has 0 aliphatic heterocycles. The summed E-state index contributed by atoms with van der Waals surface area (Å²) in [5.41, 5.74) is 6.66. The molecule has 1 heterocycles. The number of rotatable bonds is 1. The number of anilines is 1. The number of halogens is 3. The minimum absolute atomic E-state index is 0.0848. The number of para-hydroxylation sites is 1. The van der Waals surface area contributed by atoms with Crippen LogP contribution >= 0.6 is 0 Å². The maximum absolute atomic E-state index is 12.9. The van der Waals surface area contributed by atoms with Crippen LogP contribution in [-0.2, 0) is 6.18 Å². The molecule has 90 valence electrons. The lowest BCUT2D eigenvalue weighted by atomic mass is 10.3. The smallest absolute Gasteiger partial charge is 0.397 e. The van der Waals surface area contributed by atoms with Gasteiger partial charge >= 0.3 is 6.18 Å². The lowest BCUT2D eigenvalue weighted by Crippen LogP contribution is -2.14. The van der Waals surface area contributed by atoms with Crippen LogP contribution in [0.2, 0.25) is 0 Å². The van der Waals surface area contributed by atoms with Gasteiger partial charge in [-0.3, -0.25) is 0 Å². The molecule has 1 saturated carbocycles. The maximum Gasteiger partial charge on any atom is 0.449 e. The fraction of sp³-hybridized carbons (Fsp3) is 0.364. The third kappa shape index (κ3) is 1.55. The summed E-state index contributed by atoms with van der Waals surface area (Å²) < 4.78 is 39.9. The van der Waals surface area contributed by atoms with Crippen LogP contribution in [0, 0.1) is 0 Å². The number of benzene rings is 1. The van der Waals surface area contributed by atoms with Crippen LogP contribution in [0.25, 0.3) is 11.0 Å². The highest BCUT2D eigenvalue weighted by molar-refractivity contribution is 5.87. The molecular weight excluding hydrogens is 231 g/mol. The number of fused-ring (bicyclic) bond motifs is 1. The second kappa shape index (κ2) is 3.15. The van der Waals surface area contributed by atoms with Gasteiger partial charge in [0.15, 0.2) is 0 Å². The number of imidazole rings is 1. The lowest BCUT2D eigenvalue weighted by Gasteiger charge is -2.09. The first-order valence-electron chi connectivity index (χ1n) is 5.32. The zero-order valence-corrected chi connectivity index (χ0v) is 8.83. The molecule has 1 aromatic carbocycles. The van der Waals surface area contributed by atoms with Crippen LogP contribution in [-0.4, -0.2) is 9.55 Å². The van der Waals surface area contributed by atoms with Gasteiger partial charge in [0.1, 0.15) is 5.52 Å². The van der Waals surface area contributed by atoms with Crippen molar-refractivity contribution in [2.24, 2.45) is 0 Å². The molecule has 17 heavy (non-hydrogen) atoms. The van der Waals surface area contributed by atoms with Gasteiger partial charge in [0.2, 0.25) is 5.82 Å². The Kier molecular flexibility index (Phi) is 1.93. The average Bonchev–Trinajstić information content (AvgIpc) is 2.98. The molecule has 0 amide bonds. The summed E-state index contributed by atoms with van der Waals surface area (Å²) in [5.74, 6) is -0.840. The predicted octanol–water partition coefficient (Wildman–Crippen LogP) is 2.97. The minimum atomic E-state index is -4.44. The van der Waals surface area contributed by atoms with Crippen LogP contribution < -0.4 is 5.73 Å². The molecule has 6 heteroatoms. The van der Waals surface area contributed by atoms with Crippen molar-refractivity contribution in [1.29, 1.82) is 0 Å². The zero-order valence-electron chi connectivity index (χ0n) is 8.83. The first-order valence-corrected chi connectivity index (χ1v) is 5.32. The quantitative estimate of drug-likeness (QED) is 0.780. The van der Waals surface area contributed by atoms with E-state index in [1.54, 1.807) is 18.2 Å². The molecular formula is C11H10F3N3. The summed E-state index contributed by atoms with van der Waals surface area (Å²) in [6, 6.07) is 4.76. The summed E-state index contributed by atoms with van der Waals surface area (Å²) in [6.45, 7) is 0. The summed E-state index contributed by atoms with van der Waals surface area (Å²) in [5, 5.41) is 0. The number of nitrogens with two attached hydrogens (primary N) is 1. The standard InChI is InChI=1S/C11H10F3N3/c12-11(13,14)10-16-9-7(15)2-1-3-8(9)17(10)6-4-5-6/h1-3,6H,4-5,15H2. The molecule has 0 bridgehead atoms. The van der Waals surface area contributed by atoms with Crippen molar-refractivity contribution in [3.63, 3.8) is 0 Å². The molecule has 0 unspecified atom stereocenters. The molecule has 1 aliphatic carbocycles. The van der Waals surface area contributed by atoms with Crippen molar-refractivity contribution in [2.45, 2.75) is 25.1 Å².